The van der Waals surface area contributed by atoms with Gasteiger partial charge in [-0.3, -0.25) is 0 Å². The summed E-state index contributed by atoms with van der Waals surface area (Å²) in [4.78, 5) is 0. The first-order valence-corrected chi connectivity index (χ1v) is 4.15. The first-order valence-electron chi connectivity index (χ1n) is 4.15. The minimum Gasteiger partial charge on any atom is -0.0813 e. The van der Waals surface area contributed by atoms with E-state index in [1.807, 2.05) is 13.8 Å². The summed E-state index contributed by atoms with van der Waals surface area (Å²) in [7, 11) is 0. The molecular weight excluding hydrogens is 132 g/mol. The highest BCUT2D eigenvalue weighted by atomic mass is 14.0. The lowest BCUT2D eigenvalue weighted by Gasteiger charge is -2.07. The summed E-state index contributed by atoms with van der Waals surface area (Å²) in [5.41, 5.74) is 0. The van der Waals surface area contributed by atoms with Crippen molar-refractivity contribution in [1.82, 2.24) is 0 Å². The lowest BCUT2D eigenvalue weighted by molar-refractivity contribution is 0.827. The van der Waals surface area contributed by atoms with Crippen LogP contribution in [0.3, 0.4) is 0 Å². The smallest absolute Gasteiger partial charge is 0.00815 e. The molecule has 66 valence electrons. The van der Waals surface area contributed by atoms with Crippen molar-refractivity contribution in [2.75, 3.05) is 0 Å². The summed E-state index contributed by atoms with van der Waals surface area (Å²) in [6, 6.07) is 0. The summed E-state index contributed by atoms with van der Waals surface area (Å²) in [5, 5.41) is 0. The number of allylic oxidation sites excluding steroid dienone is 4. The van der Waals surface area contributed by atoms with Gasteiger partial charge in [0.05, 0.1) is 0 Å². The van der Waals surface area contributed by atoms with Gasteiger partial charge in [-0.2, -0.15) is 0 Å². The summed E-state index contributed by atoms with van der Waals surface area (Å²) < 4.78 is 0. The Hall–Kier alpha value is -0.520. The molecule has 0 nitrogen and oxygen atoms in total. The molecule has 0 aliphatic heterocycles. The summed E-state index contributed by atoms with van der Waals surface area (Å²) in [5.74, 6) is 1.32. The predicted octanol–water partition coefficient (Wildman–Crippen LogP) is 4.05. The van der Waals surface area contributed by atoms with Crippen molar-refractivity contribution < 1.29 is 0 Å². The maximum absolute atomic E-state index is 2.24. The Kier molecular flexibility index (Phi) is 9.03. The van der Waals surface area contributed by atoms with Gasteiger partial charge in [0.2, 0.25) is 0 Å². The van der Waals surface area contributed by atoms with E-state index < -0.39 is 0 Å². The fraction of sp³-hybridized carbons (Fsp3) is 0.636. The molecular formula is C11H22. The van der Waals surface area contributed by atoms with Gasteiger partial charge in [-0.1, -0.05) is 59.4 Å². The van der Waals surface area contributed by atoms with E-state index in [1.165, 1.54) is 0 Å². The number of hydrogen-bond donors (Lipinski definition) is 0. The molecule has 0 radical (unpaired) electrons. The van der Waals surface area contributed by atoms with Crippen LogP contribution in [-0.4, -0.2) is 0 Å². The highest BCUT2D eigenvalue weighted by molar-refractivity contribution is 5.10. The molecule has 0 amide bonds. The second-order valence-electron chi connectivity index (χ2n) is 2.49. The fourth-order valence-electron chi connectivity index (χ4n) is 0.829. The second-order valence-corrected chi connectivity index (χ2v) is 2.49. The minimum atomic E-state index is 0. The van der Waals surface area contributed by atoms with Gasteiger partial charge in [-0.05, 0) is 11.8 Å². The lowest BCUT2D eigenvalue weighted by atomic mass is 9.99. The molecule has 0 N–H and O–H groups in total. The summed E-state index contributed by atoms with van der Waals surface area (Å²) in [6.45, 7) is 8.39. The Labute approximate surface area is 72.0 Å². The van der Waals surface area contributed by atoms with Crippen LogP contribution < -0.4 is 0 Å². The van der Waals surface area contributed by atoms with Crippen molar-refractivity contribution in [1.29, 1.82) is 0 Å². The molecule has 0 heteroatoms. The average Bonchev–Trinajstić information content (AvgIpc) is 2.00. The highest BCUT2D eigenvalue weighted by Crippen LogP contribution is 2.12. The fourth-order valence-corrected chi connectivity index (χ4v) is 0.829. The van der Waals surface area contributed by atoms with Crippen LogP contribution in [0.25, 0.3) is 0 Å². The molecule has 0 bridgehead atoms. The molecule has 0 aromatic carbocycles. The molecule has 0 saturated heterocycles. The Bertz CT molecular complexity index is 92.0. The largest absolute Gasteiger partial charge is 0.0813 e. The topological polar surface area (TPSA) is 0 Å². The Morgan fingerprint density at radius 1 is 0.727 bits per heavy atom. The van der Waals surface area contributed by atoms with Crippen molar-refractivity contribution in [3.05, 3.63) is 24.3 Å². The van der Waals surface area contributed by atoms with Crippen LogP contribution in [0.15, 0.2) is 24.3 Å². The van der Waals surface area contributed by atoms with Crippen LogP contribution >= 0.6 is 0 Å². The third-order valence-corrected chi connectivity index (χ3v) is 1.44. The first kappa shape index (κ1) is 13.1. The molecule has 1 aliphatic rings. The van der Waals surface area contributed by atoms with Gasteiger partial charge < -0.3 is 0 Å². The second kappa shape index (κ2) is 7.59. The van der Waals surface area contributed by atoms with Crippen LogP contribution in [0.4, 0.5) is 0 Å². The van der Waals surface area contributed by atoms with Crippen molar-refractivity contribution in [2.45, 2.75) is 35.1 Å². The molecule has 0 fully saturated rings. The van der Waals surface area contributed by atoms with Crippen molar-refractivity contribution in [3.8, 4) is 0 Å². The van der Waals surface area contributed by atoms with E-state index in [0.29, 0.717) is 11.8 Å². The molecule has 1 aliphatic carbocycles. The average molecular weight is 154 g/mol. The van der Waals surface area contributed by atoms with Gasteiger partial charge >= 0.3 is 0 Å². The zero-order valence-electron chi connectivity index (χ0n) is 7.46. The third-order valence-electron chi connectivity index (χ3n) is 1.44. The monoisotopic (exact) mass is 154 g/mol. The molecule has 0 spiro atoms. The van der Waals surface area contributed by atoms with E-state index in [9.17, 15) is 0 Å². The molecule has 0 saturated carbocycles. The van der Waals surface area contributed by atoms with Crippen LogP contribution in [0.2, 0.25) is 0 Å². The van der Waals surface area contributed by atoms with Crippen LogP contribution in [-0.2, 0) is 0 Å². The molecule has 0 atom stereocenters. The standard InChI is InChI=1S/C8H12.C2H6.CH4/c1-7-3-5-8(2)6-4-7;1-2;/h3-8H,1-2H3;1-2H3;1H4. The van der Waals surface area contributed by atoms with E-state index in [0.717, 1.165) is 0 Å². The lowest BCUT2D eigenvalue weighted by Crippen LogP contribution is -1.93. The molecule has 0 aromatic heterocycles. The van der Waals surface area contributed by atoms with E-state index in [4.69, 9.17) is 0 Å². The van der Waals surface area contributed by atoms with Gasteiger partial charge in [0.25, 0.3) is 0 Å². The highest BCUT2D eigenvalue weighted by Gasteiger charge is 1.98. The van der Waals surface area contributed by atoms with Crippen LogP contribution in [0, 0.1) is 11.8 Å². The van der Waals surface area contributed by atoms with Gasteiger partial charge in [0.15, 0.2) is 0 Å². The van der Waals surface area contributed by atoms with Crippen molar-refractivity contribution in [3.63, 3.8) is 0 Å². The normalized spacial score (nSPS) is 26.5. The zero-order valence-corrected chi connectivity index (χ0v) is 7.46. The SMILES string of the molecule is C.CC.CC1C=CC(C)C=C1. The molecule has 0 unspecified atom stereocenters. The molecule has 11 heavy (non-hydrogen) atoms. The third kappa shape index (κ3) is 5.90. The zero-order chi connectivity index (χ0) is 7.98. The number of hydrogen-bond acceptors (Lipinski definition) is 0. The van der Waals surface area contributed by atoms with E-state index in [-0.39, 0.29) is 7.43 Å². The summed E-state index contributed by atoms with van der Waals surface area (Å²) in [6.07, 6.45) is 8.96. The van der Waals surface area contributed by atoms with E-state index >= 15 is 0 Å². The van der Waals surface area contributed by atoms with Gasteiger partial charge in [-0.25, -0.2) is 0 Å². The van der Waals surface area contributed by atoms with Crippen LogP contribution in [0.5, 0.6) is 0 Å². The molecule has 1 rings (SSSR count). The van der Waals surface area contributed by atoms with Gasteiger partial charge in [0, 0.05) is 0 Å². The van der Waals surface area contributed by atoms with Crippen molar-refractivity contribution >= 4 is 0 Å². The van der Waals surface area contributed by atoms with E-state index in [1.54, 1.807) is 0 Å². The Balaban J connectivity index is 0. The first-order chi connectivity index (χ1) is 4.79. The molecule has 0 heterocycles. The van der Waals surface area contributed by atoms with Crippen molar-refractivity contribution in [2.24, 2.45) is 11.8 Å². The van der Waals surface area contributed by atoms with Gasteiger partial charge in [-0.15, -0.1) is 0 Å². The predicted molar refractivity (Wildman–Crippen MR) is 54.7 cm³/mol. The van der Waals surface area contributed by atoms with Gasteiger partial charge in [0.1, 0.15) is 0 Å². The molecule has 0 aromatic rings. The minimum absolute atomic E-state index is 0. The summed E-state index contributed by atoms with van der Waals surface area (Å²) >= 11 is 0. The van der Waals surface area contributed by atoms with Crippen LogP contribution in [0.1, 0.15) is 35.1 Å². The maximum Gasteiger partial charge on any atom is -0.00815 e. The van der Waals surface area contributed by atoms with E-state index in [2.05, 4.69) is 38.2 Å². The quantitative estimate of drug-likeness (QED) is 0.462. The maximum atomic E-state index is 2.24. The number of rotatable bonds is 0. The Morgan fingerprint density at radius 3 is 1.09 bits per heavy atom. The Morgan fingerprint density at radius 2 is 0.909 bits per heavy atom.